The maximum absolute atomic E-state index is 12.5. The molecule has 1 aliphatic heterocycles. The van der Waals surface area contributed by atoms with Gasteiger partial charge in [-0.2, -0.15) is 10.2 Å². The highest BCUT2D eigenvalue weighted by Crippen LogP contribution is 2.32. The van der Waals surface area contributed by atoms with E-state index in [1.54, 1.807) is 40.2 Å². The first-order valence-corrected chi connectivity index (χ1v) is 8.74. The predicted octanol–water partition coefficient (Wildman–Crippen LogP) is 2.25. The molecule has 0 amide bonds. The van der Waals surface area contributed by atoms with Gasteiger partial charge in [0, 0.05) is 24.5 Å². The fraction of sp³-hybridized carbons (Fsp3) is 0.100. The van der Waals surface area contributed by atoms with Gasteiger partial charge in [0.1, 0.15) is 13.2 Å². The Kier molecular flexibility index (Phi) is 3.86. The molecule has 8 heteroatoms. The molecule has 28 heavy (non-hydrogen) atoms. The van der Waals surface area contributed by atoms with Gasteiger partial charge in [-0.25, -0.2) is 9.36 Å². The summed E-state index contributed by atoms with van der Waals surface area (Å²) in [4.78, 5) is 16.6. The van der Waals surface area contributed by atoms with Crippen molar-refractivity contribution in [3.05, 3.63) is 77.5 Å². The van der Waals surface area contributed by atoms with Crippen LogP contribution in [0.2, 0.25) is 0 Å². The Labute approximate surface area is 159 Å². The van der Waals surface area contributed by atoms with Crippen LogP contribution >= 0.6 is 0 Å². The monoisotopic (exact) mass is 373 g/mol. The van der Waals surface area contributed by atoms with Crippen LogP contribution in [0.1, 0.15) is 0 Å². The molecule has 8 nitrogen and oxygen atoms in total. The molecular formula is C20H15N5O3. The van der Waals surface area contributed by atoms with E-state index < -0.39 is 0 Å². The maximum Gasteiger partial charge on any atom is 0.209 e. The molecule has 4 aromatic rings. The molecule has 0 saturated carbocycles. The van der Waals surface area contributed by atoms with Crippen LogP contribution in [0.25, 0.3) is 22.8 Å². The molecular weight excluding hydrogens is 358 g/mol. The third-order valence-corrected chi connectivity index (χ3v) is 4.37. The largest absolute Gasteiger partial charge is 0.486 e. The van der Waals surface area contributed by atoms with Crippen molar-refractivity contribution in [3.63, 3.8) is 0 Å². The fourth-order valence-electron chi connectivity index (χ4n) is 3.07. The Balaban J connectivity index is 1.61. The smallest absolute Gasteiger partial charge is 0.209 e. The van der Waals surface area contributed by atoms with Crippen molar-refractivity contribution in [2.75, 3.05) is 13.2 Å². The van der Waals surface area contributed by atoms with Crippen LogP contribution in [0.15, 0.2) is 72.0 Å². The van der Waals surface area contributed by atoms with Gasteiger partial charge in [0.05, 0.1) is 29.5 Å². The van der Waals surface area contributed by atoms with Crippen molar-refractivity contribution in [1.29, 1.82) is 0 Å². The van der Waals surface area contributed by atoms with Crippen molar-refractivity contribution >= 4 is 0 Å². The van der Waals surface area contributed by atoms with Crippen molar-refractivity contribution < 1.29 is 9.47 Å². The zero-order chi connectivity index (χ0) is 18.9. The number of hydrogen-bond acceptors (Lipinski definition) is 6. The van der Waals surface area contributed by atoms with Gasteiger partial charge >= 0.3 is 0 Å². The standard InChI is InChI=1S/C20H15N5O3/c26-17-6-9-24(15-2-1-7-21-13-15)23-20(17)16-5-8-22-25(16)14-3-4-18-19(12-14)28-11-10-27-18/h1-9,12-13H,10-11H2. The van der Waals surface area contributed by atoms with Crippen molar-refractivity contribution in [3.8, 4) is 34.3 Å². The first kappa shape index (κ1) is 16.2. The van der Waals surface area contributed by atoms with Crippen molar-refractivity contribution in [2.45, 2.75) is 0 Å². The van der Waals surface area contributed by atoms with E-state index in [9.17, 15) is 4.79 Å². The number of hydrogen-bond donors (Lipinski definition) is 0. The van der Waals surface area contributed by atoms with Crippen LogP contribution in [0.5, 0.6) is 11.5 Å². The van der Waals surface area contributed by atoms with E-state index in [4.69, 9.17) is 9.47 Å². The lowest BCUT2D eigenvalue weighted by molar-refractivity contribution is 0.171. The minimum absolute atomic E-state index is 0.195. The fourth-order valence-corrected chi connectivity index (χ4v) is 3.07. The number of aromatic nitrogens is 5. The van der Waals surface area contributed by atoms with Gasteiger partial charge in [-0.15, -0.1) is 0 Å². The lowest BCUT2D eigenvalue weighted by Crippen LogP contribution is -2.16. The number of nitrogens with zero attached hydrogens (tertiary/aromatic N) is 5. The molecule has 0 fully saturated rings. The minimum atomic E-state index is -0.195. The summed E-state index contributed by atoms with van der Waals surface area (Å²) in [6.07, 6.45) is 6.62. The quantitative estimate of drug-likeness (QED) is 0.548. The van der Waals surface area contributed by atoms with Crippen LogP contribution in [0, 0.1) is 0 Å². The molecule has 0 N–H and O–H groups in total. The number of fused-ring (bicyclic) bond motifs is 1. The predicted molar refractivity (Wildman–Crippen MR) is 101 cm³/mol. The molecule has 4 heterocycles. The summed E-state index contributed by atoms with van der Waals surface area (Å²) in [5.74, 6) is 1.35. The van der Waals surface area contributed by atoms with E-state index >= 15 is 0 Å². The van der Waals surface area contributed by atoms with Gasteiger partial charge in [0.15, 0.2) is 17.2 Å². The third kappa shape index (κ3) is 2.81. The Morgan fingerprint density at radius 3 is 2.68 bits per heavy atom. The highest BCUT2D eigenvalue weighted by Gasteiger charge is 2.17. The Morgan fingerprint density at radius 1 is 0.929 bits per heavy atom. The molecule has 1 aromatic carbocycles. The number of rotatable bonds is 3. The van der Waals surface area contributed by atoms with Crippen LogP contribution in [-0.2, 0) is 0 Å². The second-order valence-electron chi connectivity index (χ2n) is 6.14. The van der Waals surface area contributed by atoms with Gasteiger partial charge in [-0.3, -0.25) is 9.78 Å². The second kappa shape index (κ2) is 6.66. The molecule has 0 radical (unpaired) electrons. The summed E-state index contributed by atoms with van der Waals surface area (Å²) in [5.41, 5.74) is 2.19. The van der Waals surface area contributed by atoms with Gasteiger partial charge in [0.25, 0.3) is 0 Å². The second-order valence-corrected chi connectivity index (χ2v) is 6.14. The van der Waals surface area contributed by atoms with Gasteiger partial charge in [-0.05, 0) is 30.3 Å². The summed E-state index contributed by atoms with van der Waals surface area (Å²) in [6, 6.07) is 12.5. The Morgan fingerprint density at radius 2 is 1.82 bits per heavy atom. The van der Waals surface area contributed by atoms with Crippen LogP contribution in [-0.4, -0.2) is 37.8 Å². The molecule has 0 saturated heterocycles. The highest BCUT2D eigenvalue weighted by molar-refractivity contribution is 5.59. The zero-order valence-electron chi connectivity index (χ0n) is 14.7. The van der Waals surface area contributed by atoms with E-state index in [1.807, 2.05) is 30.3 Å². The van der Waals surface area contributed by atoms with Gasteiger partial charge in [-0.1, -0.05) is 0 Å². The lowest BCUT2D eigenvalue weighted by Gasteiger charge is -2.19. The molecule has 0 aliphatic carbocycles. The lowest BCUT2D eigenvalue weighted by atomic mass is 10.2. The van der Waals surface area contributed by atoms with Crippen LogP contribution in [0.4, 0.5) is 0 Å². The van der Waals surface area contributed by atoms with Crippen molar-refractivity contribution in [1.82, 2.24) is 24.5 Å². The zero-order valence-corrected chi connectivity index (χ0v) is 14.7. The van der Waals surface area contributed by atoms with E-state index in [2.05, 4.69) is 15.2 Å². The summed E-state index contributed by atoms with van der Waals surface area (Å²) in [7, 11) is 0. The molecule has 0 atom stereocenters. The maximum atomic E-state index is 12.5. The van der Waals surface area contributed by atoms with Crippen LogP contribution in [0.3, 0.4) is 0 Å². The summed E-state index contributed by atoms with van der Waals surface area (Å²) in [5, 5.41) is 8.88. The van der Waals surface area contributed by atoms with Gasteiger partial charge in [0.2, 0.25) is 5.43 Å². The van der Waals surface area contributed by atoms with Gasteiger partial charge < -0.3 is 9.47 Å². The van der Waals surface area contributed by atoms with Crippen LogP contribution < -0.4 is 14.9 Å². The normalized spacial score (nSPS) is 12.7. The number of benzene rings is 1. The molecule has 5 rings (SSSR count). The topological polar surface area (TPSA) is 84.1 Å². The minimum Gasteiger partial charge on any atom is -0.486 e. The average molecular weight is 373 g/mol. The molecule has 0 bridgehead atoms. The van der Waals surface area contributed by atoms with Crippen molar-refractivity contribution in [2.24, 2.45) is 0 Å². The first-order chi connectivity index (χ1) is 13.8. The summed E-state index contributed by atoms with van der Waals surface area (Å²) in [6.45, 7) is 1.03. The van der Waals surface area contributed by atoms with E-state index in [1.165, 1.54) is 6.07 Å². The number of ether oxygens (including phenoxy) is 2. The highest BCUT2D eigenvalue weighted by atomic mass is 16.6. The van der Waals surface area contributed by atoms with E-state index in [-0.39, 0.29) is 5.43 Å². The summed E-state index contributed by atoms with van der Waals surface area (Å²) < 4.78 is 14.5. The molecule has 138 valence electrons. The van der Waals surface area contributed by atoms with E-state index in [0.717, 1.165) is 11.4 Å². The molecule has 0 spiro atoms. The Bertz CT molecular complexity index is 1200. The average Bonchev–Trinajstić information content (AvgIpc) is 3.24. The third-order valence-electron chi connectivity index (χ3n) is 4.37. The SMILES string of the molecule is O=c1ccn(-c2cccnc2)nc1-c1ccnn1-c1ccc2c(c1)OCCO2. The first-order valence-electron chi connectivity index (χ1n) is 8.74. The van der Waals surface area contributed by atoms with E-state index in [0.29, 0.717) is 36.1 Å². The molecule has 3 aromatic heterocycles. The molecule has 0 unspecified atom stereocenters. The molecule has 1 aliphatic rings. The summed E-state index contributed by atoms with van der Waals surface area (Å²) >= 11 is 0. The number of pyridine rings is 1. The Hall–Kier alpha value is -3.94.